The lowest BCUT2D eigenvalue weighted by Gasteiger charge is -2.68. The molecular formula is C66H99N7O7S2. The van der Waals surface area contributed by atoms with Crippen molar-refractivity contribution in [3.63, 3.8) is 0 Å². The SMILES string of the molecule is CNCC1C(O)C(O)CC2(C)C1C(=O)C=C1C2C(CN=C(N)NC(C)O)C2CCC3C4CCCC5=C4C4C(=C6CCCC7(CCCC7)C56)C(C)(C)CC(n5ccnc5)CSSC5(CCCC56CCNCC6)C5CC(C3C4O)C2(CO)C15O. The Hall–Kier alpha value is -2.25. The minimum absolute atomic E-state index is 0.111. The number of rotatable bonds is 7. The summed E-state index contributed by atoms with van der Waals surface area (Å²) in [6.07, 6.45) is 24.3. The fourth-order valence-electron chi connectivity index (χ4n) is 24.9. The summed E-state index contributed by atoms with van der Waals surface area (Å²) in [4.78, 5) is 25.8. The van der Waals surface area contributed by atoms with E-state index in [1.54, 1.807) is 23.6 Å². The maximum Gasteiger partial charge on any atom is 0.190 e. The fraction of sp³-hybridized carbons (Fsp3) is 0.833. The Morgan fingerprint density at radius 1 is 0.927 bits per heavy atom. The summed E-state index contributed by atoms with van der Waals surface area (Å²) >= 11 is 0. The molecule has 2 saturated heterocycles. The molecule has 0 radical (unpaired) electrons. The van der Waals surface area contributed by atoms with Gasteiger partial charge >= 0.3 is 0 Å². The average molecular weight is 1170 g/mol. The monoisotopic (exact) mass is 1170 g/mol. The predicted molar refractivity (Wildman–Crippen MR) is 323 cm³/mol. The number of aliphatic imine (C=N–C) groups is 1. The maximum atomic E-state index is 16.0. The van der Waals surface area contributed by atoms with E-state index in [9.17, 15) is 25.5 Å². The van der Waals surface area contributed by atoms with Crippen molar-refractivity contribution in [1.82, 2.24) is 25.5 Å². The van der Waals surface area contributed by atoms with Gasteiger partial charge < -0.3 is 56.9 Å². The van der Waals surface area contributed by atoms with Crippen LogP contribution in [0.15, 0.2) is 57.7 Å². The largest absolute Gasteiger partial charge is 0.396 e. The number of fused-ring (bicyclic) bond motifs is 12. The normalized spacial score (nSPS) is 47.4. The van der Waals surface area contributed by atoms with Crippen molar-refractivity contribution < 1.29 is 35.4 Å². The number of aliphatic hydroxyl groups excluding tert-OH is 5. The second kappa shape index (κ2) is 20.7. The number of hydrogen-bond acceptors (Lipinski definition) is 13. The first kappa shape index (κ1) is 57.5. The standard InChI is InChI=1S/C66H99N7O7S2/c1-36(75)72-59(67)71-32-42-44-15-14-39-38-11-8-12-40-50(38)52-56(41-13-9-18-62(53(40)41)16-6-7-17-62)60(2,3)29-37(73-26-25-70-35-73)33-81-82-65(20-10-19-63(65)21-23-69-24-22-63)49-28-45(51(39)58(52)79)64(44,34-74)66(49,80)46-27-47(76)55-43(31-68-5)57(78)48(77)30-61(55,4)54(42)46/h25-27,35-39,42-45,48-49,51-55,57-58,68-69,74-75,77-80H,6-24,28-34H2,1-5H3,(H3,67,71,72). The van der Waals surface area contributed by atoms with Crippen molar-refractivity contribution in [3.8, 4) is 0 Å². The number of piperidine rings is 1. The zero-order valence-corrected chi connectivity index (χ0v) is 51.5. The molecule has 3 spiro atoms. The number of carbonyl (C=O) groups excluding carboxylic acids is 1. The van der Waals surface area contributed by atoms with Crippen LogP contribution in [-0.2, 0) is 4.79 Å². The Morgan fingerprint density at radius 3 is 2.43 bits per heavy atom. The van der Waals surface area contributed by atoms with Crippen LogP contribution >= 0.6 is 21.6 Å². The highest BCUT2D eigenvalue weighted by Gasteiger charge is 2.82. The minimum atomic E-state index is -1.70. The Morgan fingerprint density at radius 2 is 1.70 bits per heavy atom. The first-order valence-corrected chi connectivity index (χ1v) is 35.2. The lowest BCUT2D eigenvalue weighted by atomic mass is 9.38. The van der Waals surface area contributed by atoms with E-state index >= 15 is 9.90 Å². The van der Waals surface area contributed by atoms with Gasteiger partial charge in [0.1, 0.15) is 6.23 Å². The predicted octanol–water partition coefficient (Wildman–Crippen LogP) is 7.86. The van der Waals surface area contributed by atoms with Gasteiger partial charge in [-0.15, -0.1) is 0 Å². The molecule has 14 nitrogen and oxygen atoms in total. The number of aliphatic hydroxyl groups is 6. The minimum Gasteiger partial charge on any atom is -0.396 e. The number of aromatic nitrogens is 2. The Balaban J connectivity index is 1.06. The first-order chi connectivity index (χ1) is 39.4. The van der Waals surface area contributed by atoms with Crippen LogP contribution in [0.25, 0.3) is 0 Å². The van der Waals surface area contributed by atoms with E-state index in [2.05, 4.69) is 58.3 Å². The lowest BCUT2D eigenvalue weighted by molar-refractivity contribution is -0.220. The maximum absolute atomic E-state index is 16.0. The van der Waals surface area contributed by atoms with E-state index in [4.69, 9.17) is 15.7 Å². The second-order valence-electron chi connectivity index (χ2n) is 30.6. The molecule has 3 heterocycles. The Labute approximate surface area is 495 Å². The van der Waals surface area contributed by atoms with E-state index in [1.807, 2.05) is 36.4 Å². The van der Waals surface area contributed by atoms with Crippen LogP contribution in [0.1, 0.15) is 162 Å². The van der Waals surface area contributed by atoms with Gasteiger partial charge in [-0.3, -0.25) is 9.79 Å². The van der Waals surface area contributed by atoms with Crippen LogP contribution in [0.5, 0.6) is 0 Å². The molecule has 21 atom stereocenters. The van der Waals surface area contributed by atoms with Gasteiger partial charge in [0.2, 0.25) is 0 Å². The fourth-order valence-corrected chi connectivity index (χ4v) is 29.2. The molecule has 11 aliphatic carbocycles. The topological polar surface area (TPSA) is 231 Å². The van der Waals surface area contributed by atoms with Crippen LogP contribution in [0.3, 0.4) is 0 Å². The molecule has 0 aromatic carbocycles. The van der Waals surface area contributed by atoms with Gasteiger partial charge in [0.05, 0.1) is 36.8 Å². The zero-order chi connectivity index (χ0) is 57.1. The number of imidazole rings is 1. The lowest BCUT2D eigenvalue weighted by Crippen LogP contribution is -2.73. The van der Waals surface area contributed by atoms with E-state index in [0.717, 1.165) is 89.5 Å². The van der Waals surface area contributed by atoms with Crippen molar-refractivity contribution in [1.29, 1.82) is 0 Å². The highest BCUT2D eigenvalue weighted by molar-refractivity contribution is 8.77. The number of ketones is 1. The number of carbonyl (C=O) groups is 1. The summed E-state index contributed by atoms with van der Waals surface area (Å²) in [7, 11) is 5.89. The molecule has 8 saturated carbocycles. The van der Waals surface area contributed by atoms with Crippen molar-refractivity contribution in [2.45, 2.75) is 197 Å². The van der Waals surface area contributed by atoms with Crippen LogP contribution in [0.2, 0.25) is 0 Å². The van der Waals surface area contributed by atoms with E-state index in [1.165, 1.54) is 44.1 Å². The van der Waals surface area contributed by atoms with Crippen molar-refractivity contribution in [2.24, 2.45) is 109 Å². The number of nitrogens with zero attached hydrogens (tertiary/aromatic N) is 3. The summed E-state index contributed by atoms with van der Waals surface area (Å²) < 4.78 is 1.90. The third-order valence-electron chi connectivity index (χ3n) is 27.1. The average Bonchev–Trinajstić information content (AvgIpc) is 1.46. The van der Waals surface area contributed by atoms with Gasteiger partial charge in [0.25, 0.3) is 0 Å². The quantitative estimate of drug-likeness (QED) is 0.0412. The van der Waals surface area contributed by atoms with Crippen molar-refractivity contribution in [3.05, 3.63) is 52.7 Å². The van der Waals surface area contributed by atoms with Crippen molar-refractivity contribution >= 4 is 33.3 Å². The summed E-state index contributed by atoms with van der Waals surface area (Å²) in [5, 5.41) is 89.2. The van der Waals surface area contributed by atoms with E-state index in [0.29, 0.717) is 30.9 Å². The third-order valence-corrected chi connectivity index (χ3v) is 30.6. The Kier molecular flexibility index (Phi) is 14.5. The molecule has 21 unspecified atom stereocenters. The van der Waals surface area contributed by atoms with Crippen LogP contribution < -0.4 is 21.7 Å². The number of hydrogen-bond donors (Lipinski definition) is 10. The zero-order valence-electron chi connectivity index (χ0n) is 49.8. The Bertz CT molecular complexity index is 2770. The molecular weight excluding hydrogens is 1070 g/mol. The molecule has 1 aromatic rings. The summed E-state index contributed by atoms with van der Waals surface area (Å²) in [6.45, 7) is 10.9. The molecule has 14 rings (SSSR count). The first-order valence-electron chi connectivity index (χ1n) is 32.8. The van der Waals surface area contributed by atoms with Gasteiger partial charge in [-0.1, -0.05) is 83.9 Å². The highest BCUT2D eigenvalue weighted by atomic mass is 33.1. The second-order valence-corrected chi connectivity index (χ2v) is 33.2. The summed E-state index contributed by atoms with van der Waals surface area (Å²) in [5.74, 6) is -1.85. The van der Waals surface area contributed by atoms with Crippen LogP contribution in [-0.4, -0.2) is 132 Å². The van der Waals surface area contributed by atoms with E-state index < -0.39 is 63.5 Å². The summed E-state index contributed by atoms with van der Waals surface area (Å²) in [6, 6.07) is 0.113. The molecule has 13 aliphatic rings. The molecule has 0 amide bonds. The number of nitrogens with two attached hydrogens (primary N) is 1. The van der Waals surface area contributed by atoms with Gasteiger partial charge in [0, 0.05) is 77.0 Å². The van der Waals surface area contributed by atoms with Crippen molar-refractivity contribution in [2.75, 3.05) is 45.6 Å². The molecule has 82 heavy (non-hydrogen) atoms. The molecule has 10 fully saturated rings. The van der Waals surface area contributed by atoms with Crippen LogP contribution in [0.4, 0.5) is 0 Å². The number of allylic oxidation sites excluding steroid dienone is 3. The number of nitrogens with one attached hydrogen (secondary N) is 3. The highest BCUT2D eigenvalue weighted by Crippen LogP contribution is 2.82. The molecule has 1 aromatic heterocycles. The van der Waals surface area contributed by atoms with E-state index in [-0.39, 0.29) is 101 Å². The number of guanidine groups is 1. The molecule has 2 aliphatic heterocycles. The van der Waals surface area contributed by atoms with Crippen LogP contribution in [0, 0.1) is 98.1 Å². The van der Waals surface area contributed by atoms with Gasteiger partial charge in [0.15, 0.2) is 11.7 Å². The molecule has 11 N–H and O–H groups in total. The van der Waals surface area contributed by atoms with Gasteiger partial charge in [-0.05, 0) is 211 Å². The molecule has 452 valence electrons. The van der Waals surface area contributed by atoms with Gasteiger partial charge in [-0.25, -0.2) is 4.98 Å². The third kappa shape index (κ3) is 7.84. The van der Waals surface area contributed by atoms with Gasteiger partial charge in [-0.2, -0.15) is 0 Å². The molecule has 4 bridgehead atoms. The smallest absolute Gasteiger partial charge is 0.190 e. The summed E-state index contributed by atoms with van der Waals surface area (Å²) in [5.41, 5.74) is 9.93. The molecule has 16 heteroatoms.